The Bertz CT molecular complexity index is 1230. The number of piperidine rings is 1. The average Bonchev–Trinajstić information content (AvgIpc) is 3.46. The number of aryl methyl sites for hydroxylation is 1. The molecule has 0 spiro atoms. The number of hydrogen-bond donors (Lipinski definition) is 3. The van der Waals surface area contributed by atoms with Crippen LogP contribution in [0, 0.1) is 12.7 Å². The Hall–Kier alpha value is -3.15. The van der Waals surface area contributed by atoms with Crippen LogP contribution in [0.5, 0.6) is 5.75 Å². The molecule has 1 aliphatic heterocycles. The quantitative estimate of drug-likeness (QED) is 0.314. The summed E-state index contributed by atoms with van der Waals surface area (Å²) in [7, 11) is 0. The number of para-hydroxylation sites is 1. The zero-order chi connectivity index (χ0) is 25.8. The molecule has 3 aromatic carbocycles. The van der Waals surface area contributed by atoms with Crippen molar-refractivity contribution in [2.75, 3.05) is 25.0 Å². The minimum atomic E-state index is -0.200. The van der Waals surface area contributed by atoms with E-state index in [1.165, 1.54) is 37.3 Å². The topological polar surface area (TPSA) is 47.5 Å². The number of aromatic hydroxyl groups is 1. The first-order chi connectivity index (χ1) is 17.9. The summed E-state index contributed by atoms with van der Waals surface area (Å²) in [5.74, 6) is 0.0981. The number of anilines is 1. The van der Waals surface area contributed by atoms with Crippen LogP contribution >= 0.6 is 0 Å². The van der Waals surface area contributed by atoms with E-state index in [4.69, 9.17) is 0 Å². The van der Waals surface area contributed by atoms with E-state index in [-0.39, 0.29) is 11.4 Å². The van der Waals surface area contributed by atoms with Crippen LogP contribution in [0.25, 0.3) is 11.1 Å². The van der Waals surface area contributed by atoms with Crippen molar-refractivity contribution in [3.63, 3.8) is 0 Å². The summed E-state index contributed by atoms with van der Waals surface area (Å²) in [5.41, 5.74) is 5.29. The summed E-state index contributed by atoms with van der Waals surface area (Å²) < 4.78 is 13.7. The van der Waals surface area contributed by atoms with Gasteiger partial charge in [-0.1, -0.05) is 61.9 Å². The Balaban J connectivity index is 1.33. The van der Waals surface area contributed by atoms with Crippen molar-refractivity contribution in [2.24, 2.45) is 0 Å². The first-order valence-corrected chi connectivity index (χ1v) is 13.5. The SMILES string of the molecule is C=C(CNC1(c2ccc(-c3ccccc3O)cc2)CCN(C2CCCC2)CC1)Nc1ccc(F)c(C)c1. The predicted octanol–water partition coefficient (Wildman–Crippen LogP) is 6.96. The fraction of sp³-hybridized carbons (Fsp3) is 0.375. The highest BCUT2D eigenvalue weighted by Gasteiger charge is 2.38. The van der Waals surface area contributed by atoms with Gasteiger partial charge in [0.15, 0.2) is 0 Å². The molecule has 194 valence electrons. The monoisotopic (exact) mass is 499 g/mol. The number of halogens is 1. The molecule has 0 atom stereocenters. The highest BCUT2D eigenvalue weighted by molar-refractivity contribution is 5.70. The van der Waals surface area contributed by atoms with Gasteiger partial charge in [0.05, 0.1) is 0 Å². The lowest BCUT2D eigenvalue weighted by molar-refractivity contribution is 0.0999. The molecule has 0 unspecified atom stereocenters. The van der Waals surface area contributed by atoms with E-state index in [9.17, 15) is 9.50 Å². The molecular formula is C32H38FN3O. The fourth-order valence-corrected chi connectivity index (χ4v) is 6.04. The zero-order valence-corrected chi connectivity index (χ0v) is 21.8. The van der Waals surface area contributed by atoms with E-state index in [0.717, 1.165) is 54.5 Å². The van der Waals surface area contributed by atoms with Crippen molar-refractivity contribution >= 4 is 5.69 Å². The number of hydrogen-bond acceptors (Lipinski definition) is 4. The molecule has 3 N–H and O–H groups in total. The summed E-state index contributed by atoms with van der Waals surface area (Å²) >= 11 is 0. The molecule has 37 heavy (non-hydrogen) atoms. The van der Waals surface area contributed by atoms with Crippen molar-refractivity contribution in [3.8, 4) is 16.9 Å². The minimum absolute atomic E-state index is 0.157. The number of nitrogens with zero attached hydrogens (tertiary/aromatic N) is 1. The fourth-order valence-electron chi connectivity index (χ4n) is 6.04. The standard InChI is InChI=1S/C32H38FN3O/c1-23-21-27(15-16-30(23)33)35-24(2)22-34-32(17-19-36(20-18-32)28-7-3-4-8-28)26-13-11-25(12-14-26)29-9-5-6-10-31(29)37/h5-6,9-16,21,28,34-35,37H,2-4,7-8,17-20,22H2,1H3. The third kappa shape index (κ3) is 5.73. The third-order valence-electron chi connectivity index (χ3n) is 8.26. The molecular weight excluding hydrogens is 461 g/mol. The lowest BCUT2D eigenvalue weighted by Crippen LogP contribution is -2.53. The normalized spacial score (nSPS) is 18.1. The second-order valence-electron chi connectivity index (χ2n) is 10.7. The predicted molar refractivity (Wildman–Crippen MR) is 150 cm³/mol. The first kappa shape index (κ1) is 25.5. The van der Waals surface area contributed by atoms with Crippen molar-refractivity contribution in [2.45, 2.75) is 57.0 Å². The van der Waals surface area contributed by atoms with Crippen LogP contribution < -0.4 is 10.6 Å². The van der Waals surface area contributed by atoms with E-state index in [1.807, 2.05) is 24.3 Å². The van der Waals surface area contributed by atoms with Crippen LogP contribution in [-0.4, -0.2) is 35.7 Å². The maximum absolute atomic E-state index is 13.7. The Morgan fingerprint density at radius 1 is 1.03 bits per heavy atom. The third-order valence-corrected chi connectivity index (χ3v) is 8.26. The van der Waals surface area contributed by atoms with Gasteiger partial charge in [-0.25, -0.2) is 4.39 Å². The number of phenolic OH excluding ortho intramolecular Hbond substituents is 1. The van der Waals surface area contributed by atoms with Crippen molar-refractivity contribution < 1.29 is 9.50 Å². The highest BCUT2D eigenvalue weighted by atomic mass is 19.1. The van der Waals surface area contributed by atoms with Crippen molar-refractivity contribution in [1.29, 1.82) is 0 Å². The van der Waals surface area contributed by atoms with E-state index in [0.29, 0.717) is 17.9 Å². The molecule has 1 saturated carbocycles. The lowest BCUT2D eigenvalue weighted by Gasteiger charge is -2.45. The molecule has 2 fully saturated rings. The Morgan fingerprint density at radius 3 is 2.41 bits per heavy atom. The van der Waals surface area contributed by atoms with Gasteiger partial charge < -0.3 is 20.6 Å². The van der Waals surface area contributed by atoms with Gasteiger partial charge in [-0.3, -0.25) is 0 Å². The van der Waals surface area contributed by atoms with Crippen molar-refractivity contribution in [1.82, 2.24) is 10.2 Å². The number of nitrogens with one attached hydrogen (secondary N) is 2. The Morgan fingerprint density at radius 2 is 1.73 bits per heavy atom. The zero-order valence-electron chi connectivity index (χ0n) is 21.8. The van der Waals surface area contributed by atoms with Crippen molar-refractivity contribution in [3.05, 3.63) is 96.0 Å². The number of rotatable bonds is 8. The van der Waals surface area contributed by atoms with E-state index in [1.54, 1.807) is 19.1 Å². The van der Waals surface area contributed by atoms with Gasteiger partial charge in [0.1, 0.15) is 11.6 Å². The van der Waals surface area contributed by atoms with Crippen LogP contribution in [0.1, 0.15) is 49.7 Å². The van der Waals surface area contributed by atoms with Gasteiger partial charge in [0, 0.05) is 48.2 Å². The molecule has 5 heteroatoms. The summed E-state index contributed by atoms with van der Waals surface area (Å²) in [6.07, 6.45) is 7.42. The number of likely N-dealkylation sites (tertiary alicyclic amines) is 1. The summed E-state index contributed by atoms with van der Waals surface area (Å²) in [4.78, 5) is 2.69. The smallest absolute Gasteiger partial charge is 0.126 e. The largest absolute Gasteiger partial charge is 0.507 e. The molecule has 1 heterocycles. The minimum Gasteiger partial charge on any atom is -0.507 e. The van der Waals surface area contributed by atoms with E-state index < -0.39 is 0 Å². The van der Waals surface area contributed by atoms with Gasteiger partial charge in [-0.2, -0.15) is 0 Å². The molecule has 4 nitrogen and oxygen atoms in total. The first-order valence-electron chi connectivity index (χ1n) is 13.5. The molecule has 0 radical (unpaired) electrons. The Kier molecular flexibility index (Phi) is 7.63. The Labute approximate surface area is 220 Å². The number of phenols is 1. The molecule has 0 bridgehead atoms. The molecule has 5 rings (SSSR count). The number of benzene rings is 3. The van der Waals surface area contributed by atoms with Gasteiger partial charge in [0.25, 0.3) is 0 Å². The van der Waals surface area contributed by atoms with Crippen LogP contribution in [-0.2, 0) is 5.54 Å². The van der Waals surface area contributed by atoms with Gasteiger partial charge in [-0.05, 0) is 73.6 Å². The lowest BCUT2D eigenvalue weighted by atomic mass is 9.79. The van der Waals surface area contributed by atoms with Gasteiger partial charge in [-0.15, -0.1) is 0 Å². The molecule has 0 amide bonds. The summed E-state index contributed by atoms with van der Waals surface area (Å²) in [6.45, 7) is 8.79. The van der Waals surface area contributed by atoms with Gasteiger partial charge in [0.2, 0.25) is 0 Å². The van der Waals surface area contributed by atoms with Crippen LogP contribution in [0.15, 0.2) is 79.0 Å². The average molecular weight is 500 g/mol. The van der Waals surface area contributed by atoms with Gasteiger partial charge >= 0.3 is 0 Å². The summed E-state index contributed by atoms with van der Waals surface area (Å²) in [6, 6.07) is 21.9. The highest BCUT2D eigenvalue weighted by Crippen LogP contribution is 2.38. The second-order valence-corrected chi connectivity index (χ2v) is 10.7. The molecule has 1 aliphatic carbocycles. The maximum Gasteiger partial charge on any atom is 0.126 e. The van der Waals surface area contributed by atoms with Crippen LogP contribution in [0.4, 0.5) is 10.1 Å². The molecule has 2 aliphatic rings. The maximum atomic E-state index is 13.7. The van der Waals surface area contributed by atoms with E-state index >= 15 is 0 Å². The van der Waals surface area contributed by atoms with E-state index in [2.05, 4.69) is 46.4 Å². The second kappa shape index (κ2) is 11.1. The van der Waals surface area contributed by atoms with Crippen LogP contribution in [0.3, 0.4) is 0 Å². The molecule has 0 aromatic heterocycles. The summed E-state index contributed by atoms with van der Waals surface area (Å²) in [5, 5.41) is 17.5. The van der Waals surface area contributed by atoms with Crippen LogP contribution in [0.2, 0.25) is 0 Å². The molecule has 1 saturated heterocycles. The molecule has 3 aromatic rings.